The summed E-state index contributed by atoms with van der Waals surface area (Å²) in [4.78, 5) is 19.2. The Labute approximate surface area is 174 Å². The first-order valence-corrected chi connectivity index (χ1v) is 10.2. The van der Waals surface area contributed by atoms with E-state index in [4.69, 9.17) is 9.47 Å². The van der Waals surface area contributed by atoms with Gasteiger partial charge in [0.2, 0.25) is 0 Å². The summed E-state index contributed by atoms with van der Waals surface area (Å²) in [6, 6.07) is 14.8. The number of rotatable bonds is 6. The Morgan fingerprint density at radius 2 is 2.00 bits per heavy atom. The van der Waals surface area contributed by atoms with Crippen molar-refractivity contribution < 1.29 is 9.47 Å². The molecule has 0 saturated heterocycles. The van der Waals surface area contributed by atoms with E-state index in [1.807, 2.05) is 36.4 Å². The third-order valence-electron chi connectivity index (χ3n) is 3.96. The number of ether oxygens (including phenoxy) is 2. The van der Waals surface area contributed by atoms with E-state index in [1.165, 1.54) is 11.8 Å². The lowest BCUT2D eigenvalue weighted by atomic mass is 10.0. The van der Waals surface area contributed by atoms with Crippen molar-refractivity contribution in [3.8, 4) is 28.8 Å². The number of nitriles is 1. The number of methoxy groups -OCH3 is 1. The minimum atomic E-state index is -0.458. The third-order valence-corrected chi connectivity index (χ3v) is 5.07. The molecule has 3 aromatic rings. The average molecular weight is 458 g/mol. The zero-order valence-electron chi connectivity index (χ0n) is 15.2. The summed E-state index contributed by atoms with van der Waals surface area (Å²) in [6.45, 7) is 0.263. The second-order valence-electron chi connectivity index (χ2n) is 5.68. The molecule has 0 radical (unpaired) electrons. The minimum absolute atomic E-state index is 0.0252. The van der Waals surface area contributed by atoms with Gasteiger partial charge in [0, 0.05) is 15.6 Å². The molecule has 28 heavy (non-hydrogen) atoms. The zero-order chi connectivity index (χ0) is 20.1. The largest absolute Gasteiger partial charge is 0.496 e. The van der Waals surface area contributed by atoms with Crippen LogP contribution in [0.15, 0.2) is 56.9 Å². The van der Waals surface area contributed by atoms with Crippen LogP contribution in [0.5, 0.6) is 11.5 Å². The summed E-state index contributed by atoms with van der Waals surface area (Å²) in [7, 11) is 1.58. The molecular formula is C20H16BrN3O3S. The van der Waals surface area contributed by atoms with Gasteiger partial charge < -0.3 is 14.5 Å². The van der Waals surface area contributed by atoms with Gasteiger partial charge in [-0.05, 0) is 48.7 Å². The van der Waals surface area contributed by atoms with Crippen molar-refractivity contribution in [3.05, 3.63) is 68.4 Å². The van der Waals surface area contributed by atoms with E-state index in [2.05, 4.69) is 25.9 Å². The fourth-order valence-corrected chi connectivity index (χ4v) is 3.23. The number of aromatic nitrogens is 2. The van der Waals surface area contributed by atoms with E-state index < -0.39 is 5.56 Å². The Kier molecular flexibility index (Phi) is 6.39. The molecule has 0 spiro atoms. The summed E-state index contributed by atoms with van der Waals surface area (Å²) in [5.41, 5.74) is 1.28. The predicted octanol–water partition coefficient (Wildman–Crippen LogP) is 4.38. The highest BCUT2D eigenvalue weighted by molar-refractivity contribution is 9.10. The van der Waals surface area contributed by atoms with Crippen LogP contribution in [-0.4, -0.2) is 23.3 Å². The van der Waals surface area contributed by atoms with E-state index >= 15 is 0 Å². The van der Waals surface area contributed by atoms with E-state index in [0.717, 1.165) is 10.0 Å². The van der Waals surface area contributed by atoms with Gasteiger partial charge in [0.1, 0.15) is 29.7 Å². The molecule has 0 bridgehead atoms. The number of hydrogen-bond acceptors (Lipinski definition) is 6. The Bertz CT molecular complexity index is 1090. The molecule has 1 heterocycles. The van der Waals surface area contributed by atoms with Crippen LogP contribution < -0.4 is 15.0 Å². The fraction of sp³-hybridized carbons (Fsp3) is 0.150. The highest BCUT2D eigenvalue weighted by atomic mass is 79.9. The van der Waals surface area contributed by atoms with E-state index in [-0.39, 0.29) is 12.2 Å². The lowest BCUT2D eigenvalue weighted by Gasteiger charge is -2.13. The van der Waals surface area contributed by atoms with Gasteiger partial charge in [-0.25, -0.2) is 4.98 Å². The number of halogens is 1. The molecule has 0 aliphatic heterocycles. The van der Waals surface area contributed by atoms with E-state index in [1.54, 1.807) is 25.5 Å². The van der Waals surface area contributed by atoms with Gasteiger partial charge >= 0.3 is 0 Å². The van der Waals surface area contributed by atoms with Crippen LogP contribution >= 0.6 is 27.7 Å². The molecule has 0 saturated carbocycles. The Balaban J connectivity index is 1.99. The summed E-state index contributed by atoms with van der Waals surface area (Å²) < 4.78 is 12.2. The number of H-pyrrole nitrogens is 1. The van der Waals surface area contributed by atoms with Crippen LogP contribution in [-0.2, 0) is 6.61 Å². The normalized spacial score (nSPS) is 10.4. The molecule has 142 valence electrons. The van der Waals surface area contributed by atoms with Gasteiger partial charge in [-0.2, -0.15) is 5.26 Å². The van der Waals surface area contributed by atoms with Crippen LogP contribution in [0.3, 0.4) is 0 Å². The lowest BCUT2D eigenvalue weighted by Crippen LogP contribution is -2.14. The van der Waals surface area contributed by atoms with Crippen molar-refractivity contribution in [2.75, 3.05) is 13.4 Å². The van der Waals surface area contributed by atoms with Gasteiger partial charge in [0.15, 0.2) is 5.16 Å². The van der Waals surface area contributed by atoms with Crippen molar-refractivity contribution >= 4 is 27.7 Å². The van der Waals surface area contributed by atoms with Crippen molar-refractivity contribution in [3.63, 3.8) is 0 Å². The molecule has 0 fully saturated rings. The molecule has 0 amide bonds. The van der Waals surface area contributed by atoms with Gasteiger partial charge in [-0.15, -0.1) is 0 Å². The molecule has 0 unspecified atom stereocenters. The summed E-state index contributed by atoms with van der Waals surface area (Å²) in [5, 5.41) is 9.85. The number of thioether (sulfide) groups is 1. The van der Waals surface area contributed by atoms with Crippen molar-refractivity contribution in [1.82, 2.24) is 9.97 Å². The number of aromatic amines is 1. The van der Waals surface area contributed by atoms with E-state index in [9.17, 15) is 10.1 Å². The quantitative estimate of drug-likeness (QED) is 0.436. The standard InChI is InChI=1S/C20H16BrN3O3S/c1-26-17-8-3-12(18-16(10-22)19(25)24-20(23-18)28-2)9-13(17)11-27-15-6-4-14(21)5-7-15/h3-9H,11H2,1-2H3,(H,23,24,25). The maximum Gasteiger partial charge on any atom is 0.270 e. The summed E-state index contributed by atoms with van der Waals surface area (Å²) in [5.74, 6) is 1.36. The number of hydrogen-bond donors (Lipinski definition) is 1. The molecule has 1 aromatic heterocycles. The monoisotopic (exact) mass is 457 g/mol. The Hall–Kier alpha value is -2.76. The highest BCUT2D eigenvalue weighted by Crippen LogP contribution is 2.28. The zero-order valence-corrected chi connectivity index (χ0v) is 17.6. The Morgan fingerprint density at radius 1 is 1.25 bits per heavy atom. The molecule has 2 aromatic carbocycles. The van der Waals surface area contributed by atoms with E-state index in [0.29, 0.717) is 27.9 Å². The first-order valence-electron chi connectivity index (χ1n) is 8.19. The van der Waals surface area contributed by atoms with Crippen LogP contribution in [0.25, 0.3) is 11.3 Å². The van der Waals surface area contributed by atoms with Crippen LogP contribution in [0.1, 0.15) is 11.1 Å². The number of nitrogens with one attached hydrogen (secondary N) is 1. The molecule has 0 aliphatic carbocycles. The second-order valence-corrected chi connectivity index (χ2v) is 7.39. The van der Waals surface area contributed by atoms with Crippen LogP contribution in [0.4, 0.5) is 0 Å². The maximum absolute atomic E-state index is 12.2. The molecular weight excluding hydrogens is 442 g/mol. The molecule has 0 atom stereocenters. The predicted molar refractivity (Wildman–Crippen MR) is 112 cm³/mol. The summed E-state index contributed by atoms with van der Waals surface area (Å²) in [6.07, 6.45) is 1.81. The van der Waals surface area contributed by atoms with Crippen LogP contribution in [0, 0.1) is 11.3 Å². The topological polar surface area (TPSA) is 88.0 Å². The highest BCUT2D eigenvalue weighted by Gasteiger charge is 2.15. The molecule has 8 heteroatoms. The number of benzene rings is 2. The second kappa shape index (κ2) is 8.95. The molecule has 6 nitrogen and oxygen atoms in total. The SMILES string of the molecule is COc1ccc(-c2nc(SC)[nH]c(=O)c2C#N)cc1COc1ccc(Br)cc1. The smallest absolute Gasteiger partial charge is 0.270 e. The maximum atomic E-state index is 12.2. The average Bonchev–Trinajstić information content (AvgIpc) is 2.72. The van der Waals surface area contributed by atoms with Gasteiger partial charge in [0.05, 0.1) is 12.8 Å². The molecule has 1 N–H and O–H groups in total. The van der Waals surface area contributed by atoms with Crippen molar-refractivity contribution in [2.24, 2.45) is 0 Å². The fourth-order valence-electron chi connectivity index (χ4n) is 2.59. The van der Waals surface area contributed by atoms with Gasteiger partial charge in [-0.3, -0.25) is 4.79 Å². The van der Waals surface area contributed by atoms with Gasteiger partial charge in [0.25, 0.3) is 5.56 Å². The minimum Gasteiger partial charge on any atom is -0.496 e. The van der Waals surface area contributed by atoms with Crippen molar-refractivity contribution in [2.45, 2.75) is 11.8 Å². The Morgan fingerprint density at radius 3 is 2.64 bits per heavy atom. The summed E-state index contributed by atoms with van der Waals surface area (Å²) >= 11 is 4.69. The van der Waals surface area contributed by atoms with Crippen LogP contribution in [0.2, 0.25) is 0 Å². The first kappa shape index (κ1) is 20.0. The van der Waals surface area contributed by atoms with Crippen molar-refractivity contribution in [1.29, 1.82) is 5.26 Å². The first-order chi connectivity index (χ1) is 13.5. The van der Waals surface area contributed by atoms with Gasteiger partial charge in [-0.1, -0.05) is 27.7 Å². The molecule has 0 aliphatic rings. The molecule has 3 rings (SSSR count). The third kappa shape index (κ3) is 4.38. The lowest BCUT2D eigenvalue weighted by molar-refractivity contribution is 0.296. The number of nitrogens with zero attached hydrogens (tertiary/aromatic N) is 2.